The van der Waals surface area contributed by atoms with Crippen molar-refractivity contribution in [2.45, 2.75) is 37.3 Å². The van der Waals surface area contributed by atoms with Gasteiger partial charge in [0.25, 0.3) is 5.56 Å². The third-order valence-corrected chi connectivity index (χ3v) is 7.02. The van der Waals surface area contributed by atoms with E-state index in [9.17, 15) is 9.59 Å². The van der Waals surface area contributed by atoms with Gasteiger partial charge in [0.1, 0.15) is 10.6 Å². The third-order valence-electron chi connectivity index (χ3n) is 4.87. The van der Waals surface area contributed by atoms with Crippen molar-refractivity contribution in [3.05, 3.63) is 50.6 Å². The maximum Gasteiger partial charge on any atom is 0.337 e. The number of ether oxygens (including phenoxy) is 2. The first-order chi connectivity index (χ1) is 14.2. The van der Waals surface area contributed by atoms with E-state index in [1.165, 1.54) is 35.7 Å². The molecule has 4 rings (SSSR count). The Bertz CT molecular complexity index is 1070. The number of rotatable bonds is 7. The molecule has 2 aromatic heterocycles. The maximum absolute atomic E-state index is 12.5. The molecule has 0 bridgehead atoms. The Hall–Kier alpha value is -2.32. The normalized spacial score (nSPS) is 13.3. The molecule has 3 aromatic rings. The fraction of sp³-hybridized carbons (Fsp3) is 0.381. The van der Waals surface area contributed by atoms with E-state index in [0.29, 0.717) is 23.1 Å². The molecule has 29 heavy (non-hydrogen) atoms. The van der Waals surface area contributed by atoms with E-state index in [-0.39, 0.29) is 11.5 Å². The largest absolute Gasteiger partial charge is 0.494 e. The topological polar surface area (TPSA) is 81.3 Å². The van der Waals surface area contributed by atoms with Crippen molar-refractivity contribution in [3.8, 4) is 5.75 Å². The number of nitrogens with zero attached hydrogens (tertiary/aromatic N) is 1. The number of hydrogen-bond acceptors (Lipinski definition) is 7. The van der Waals surface area contributed by atoms with Gasteiger partial charge < -0.3 is 14.5 Å². The minimum absolute atomic E-state index is 0.0150. The average Bonchev–Trinajstić information content (AvgIpc) is 3.12. The van der Waals surface area contributed by atoms with E-state index in [2.05, 4.69) is 14.7 Å². The molecule has 1 aliphatic rings. The predicted octanol–water partition coefficient (Wildman–Crippen LogP) is 4.21. The molecular formula is C21H22N2O4S2. The molecule has 1 N–H and O–H groups in total. The van der Waals surface area contributed by atoms with Gasteiger partial charge in [-0.25, -0.2) is 9.78 Å². The zero-order valence-electron chi connectivity index (χ0n) is 16.2. The molecular weight excluding hydrogens is 408 g/mol. The van der Waals surface area contributed by atoms with Gasteiger partial charge in [0, 0.05) is 10.6 Å². The molecule has 0 aliphatic heterocycles. The predicted molar refractivity (Wildman–Crippen MR) is 116 cm³/mol. The van der Waals surface area contributed by atoms with Gasteiger partial charge in [0.2, 0.25) is 0 Å². The van der Waals surface area contributed by atoms with Crippen LogP contribution in [0.1, 0.15) is 40.1 Å². The fourth-order valence-corrected chi connectivity index (χ4v) is 5.53. The molecule has 152 valence electrons. The van der Waals surface area contributed by atoms with Gasteiger partial charge in [-0.15, -0.1) is 11.3 Å². The first-order valence-electron chi connectivity index (χ1n) is 9.64. The average molecular weight is 431 g/mol. The van der Waals surface area contributed by atoms with Crippen LogP contribution in [0, 0.1) is 0 Å². The molecule has 0 unspecified atom stereocenters. The smallest absolute Gasteiger partial charge is 0.337 e. The van der Waals surface area contributed by atoms with Crippen LogP contribution < -0.4 is 10.3 Å². The van der Waals surface area contributed by atoms with Crippen LogP contribution in [0.2, 0.25) is 0 Å². The number of aromatic nitrogens is 2. The highest BCUT2D eigenvalue weighted by atomic mass is 32.2. The van der Waals surface area contributed by atoms with Gasteiger partial charge in [0.15, 0.2) is 5.16 Å². The van der Waals surface area contributed by atoms with Crippen molar-refractivity contribution in [2.75, 3.05) is 19.5 Å². The second kappa shape index (κ2) is 9.00. The van der Waals surface area contributed by atoms with E-state index in [0.717, 1.165) is 41.7 Å². The van der Waals surface area contributed by atoms with Crippen LogP contribution in [0.3, 0.4) is 0 Å². The van der Waals surface area contributed by atoms with Gasteiger partial charge in [-0.2, -0.15) is 0 Å². The number of aryl methyl sites for hydroxylation is 2. The second-order valence-corrected chi connectivity index (χ2v) is 9.00. The van der Waals surface area contributed by atoms with E-state index < -0.39 is 0 Å². The van der Waals surface area contributed by atoms with Gasteiger partial charge in [-0.05, 0) is 61.9 Å². The Morgan fingerprint density at radius 3 is 2.83 bits per heavy atom. The Morgan fingerprint density at radius 2 is 2.03 bits per heavy atom. The zero-order chi connectivity index (χ0) is 20.2. The summed E-state index contributed by atoms with van der Waals surface area (Å²) in [4.78, 5) is 33.8. The summed E-state index contributed by atoms with van der Waals surface area (Å²) < 4.78 is 10.4. The summed E-state index contributed by atoms with van der Waals surface area (Å²) >= 11 is 3.21. The molecule has 8 heteroatoms. The van der Waals surface area contributed by atoms with Crippen molar-refractivity contribution in [3.63, 3.8) is 0 Å². The monoisotopic (exact) mass is 430 g/mol. The first kappa shape index (κ1) is 20.0. The highest BCUT2D eigenvalue weighted by molar-refractivity contribution is 7.99. The number of benzene rings is 1. The molecule has 0 radical (unpaired) electrons. The number of hydrogen-bond donors (Lipinski definition) is 1. The lowest BCUT2D eigenvalue weighted by Gasteiger charge is -2.09. The molecule has 0 amide bonds. The lowest BCUT2D eigenvalue weighted by atomic mass is 9.97. The second-order valence-electron chi connectivity index (χ2n) is 6.83. The molecule has 2 heterocycles. The number of aromatic amines is 1. The Balaban J connectivity index is 1.30. The van der Waals surface area contributed by atoms with Crippen LogP contribution in [0.4, 0.5) is 0 Å². The molecule has 1 aromatic carbocycles. The van der Waals surface area contributed by atoms with Crippen LogP contribution in [-0.4, -0.2) is 35.4 Å². The van der Waals surface area contributed by atoms with E-state index in [1.807, 2.05) is 0 Å². The summed E-state index contributed by atoms with van der Waals surface area (Å²) in [7, 11) is 1.36. The van der Waals surface area contributed by atoms with Crippen molar-refractivity contribution < 1.29 is 14.3 Å². The molecule has 6 nitrogen and oxygen atoms in total. The molecule has 0 spiro atoms. The van der Waals surface area contributed by atoms with Gasteiger partial charge in [-0.3, -0.25) is 4.79 Å². The van der Waals surface area contributed by atoms with E-state index in [4.69, 9.17) is 4.74 Å². The van der Waals surface area contributed by atoms with Gasteiger partial charge >= 0.3 is 5.97 Å². The molecule has 0 saturated carbocycles. The zero-order valence-corrected chi connectivity index (χ0v) is 17.8. The number of esters is 1. The summed E-state index contributed by atoms with van der Waals surface area (Å²) in [6.07, 6.45) is 5.22. The van der Waals surface area contributed by atoms with Gasteiger partial charge in [0.05, 0.1) is 24.7 Å². The standard InChI is InChI=1S/C21H22N2O4S2/c1-26-20(25)13-7-9-14(10-8-13)27-11-4-12-28-21-22-18(24)17-15-5-2-3-6-16(15)29-19(17)23-21/h7-10H,2-6,11-12H2,1H3,(H,22,23,24). The quantitative estimate of drug-likeness (QED) is 0.262. The molecule has 1 aliphatic carbocycles. The van der Waals surface area contributed by atoms with Crippen molar-refractivity contribution >= 4 is 39.3 Å². The maximum atomic E-state index is 12.5. The van der Waals surface area contributed by atoms with E-state index in [1.54, 1.807) is 35.6 Å². The summed E-state index contributed by atoms with van der Waals surface area (Å²) in [5, 5.41) is 1.47. The number of thiophene rings is 1. The van der Waals surface area contributed by atoms with Crippen LogP contribution in [-0.2, 0) is 17.6 Å². The minimum atomic E-state index is -0.363. The molecule has 0 saturated heterocycles. The van der Waals surface area contributed by atoms with Crippen molar-refractivity contribution in [1.82, 2.24) is 9.97 Å². The first-order valence-corrected chi connectivity index (χ1v) is 11.4. The van der Waals surface area contributed by atoms with Crippen molar-refractivity contribution in [1.29, 1.82) is 0 Å². The Morgan fingerprint density at radius 1 is 1.24 bits per heavy atom. The minimum Gasteiger partial charge on any atom is -0.494 e. The number of carbonyl (C=O) groups excluding carboxylic acids is 1. The van der Waals surface area contributed by atoms with E-state index >= 15 is 0 Å². The number of nitrogens with one attached hydrogen (secondary N) is 1. The summed E-state index contributed by atoms with van der Waals surface area (Å²) in [6, 6.07) is 6.87. The Kier molecular flexibility index (Phi) is 6.20. The SMILES string of the molecule is COC(=O)c1ccc(OCCCSc2nc3sc4c(c3c(=O)[nH]2)CCCC4)cc1. The fourth-order valence-electron chi connectivity index (χ4n) is 3.44. The lowest BCUT2D eigenvalue weighted by Crippen LogP contribution is -2.11. The Labute approximate surface area is 176 Å². The summed E-state index contributed by atoms with van der Waals surface area (Å²) in [5.41, 5.74) is 1.70. The molecule has 0 atom stereocenters. The van der Waals surface area contributed by atoms with Gasteiger partial charge in [-0.1, -0.05) is 11.8 Å². The van der Waals surface area contributed by atoms with Crippen LogP contribution >= 0.6 is 23.1 Å². The van der Waals surface area contributed by atoms with Crippen LogP contribution in [0.15, 0.2) is 34.2 Å². The number of thioether (sulfide) groups is 1. The number of carbonyl (C=O) groups is 1. The highest BCUT2D eigenvalue weighted by Crippen LogP contribution is 2.34. The van der Waals surface area contributed by atoms with Crippen LogP contribution in [0.25, 0.3) is 10.2 Å². The van der Waals surface area contributed by atoms with Crippen LogP contribution in [0.5, 0.6) is 5.75 Å². The summed E-state index contributed by atoms with van der Waals surface area (Å²) in [5.74, 6) is 1.14. The number of methoxy groups -OCH3 is 1. The lowest BCUT2D eigenvalue weighted by molar-refractivity contribution is 0.0600. The highest BCUT2D eigenvalue weighted by Gasteiger charge is 2.19. The molecule has 0 fully saturated rings. The summed E-state index contributed by atoms with van der Waals surface area (Å²) in [6.45, 7) is 0.546. The number of fused-ring (bicyclic) bond motifs is 3. The van der Waals surface area contributed by atoms with Crippen molar-refractivity contribution in [2.24, 2.45) is 0 Å². The number of H-pyrrole nitrogens is 1. The third kappa shape index (κ3) is 4.48.